The summed E-state index contributed by atoms with van der Waals surface area (Å²) in [4.78, 5) is 17.6. The first kappa shape index (κ1) is 12.8. The summed E-state index contributed by atoms with van der Waals surface area (Å²) < 4.78 is 10.7. The second kappa shape index (κ2) is 5.82. The van der Waals surface area contributed by atoms with Crippen LogP contribution in [0.25, 0.3) is 0 Å². The number of aromatic nitrogens is 1. The molecule has 0 bridgehead atoms. The van der Waals surface area contributed by atoms with Gasteiger partial charge in [-0.25, -0.2) is 0 Å². The van der Waals surface area contributed by atoms with Gasteiger partial charge in [-0.3, -0.25) is 9.78 Å². The third-order valence-corrected chi connectivity index (χ3v) is 3.25. The molecule has 98 valence electrons. The van der Waals surface area contributed by atoms with Crippen LogP contribution in [0.15, 0.2) is 24.5 Å². The van der Waals surface area contributed by atoms with E-state index in [9.17, 15) is 4.79 Å². The molecule has 2 heterocycles. The van der Waals surface area contributed by atoms with Crippen LogP contribution in [0.3, 0.4) is 0 Å². The van der Waals surface area contributed by atoms with Gasteiger partial charge in [0.25, 0.3) is 0 Å². The zero-order valence-electron chi connectivity index (χ0n) is 10.7. The predicted octanol–water partition coefficient (Wildman–Crippen LogP) is 0.954. The Kier molecular flexibility index (Phi) is 4.15. The summed E-state index contributed by atoms with van der Waals surface area (Å²) in [6.45, 7) is 0.973. The number of likely N-dealkylation sites (N-methyl/N-ethyl adjacent to an activating group) is 1. The highest BCUT2D eigenvalue weighted by Gasteiger charge is 2.37. The normalized spacial score (nSPS) is 23.4. The highest BCUT2D eigenvalue weighted by molar-refractivity contribution is 5.81. The van der Waals surface area contributed by atoms with E-state index in [1.165, 1.54) is 0 Å². The van der Waals surface area contributed by atoms with Crippen LogP contribution in [0.5, 0.6) is 5.75 Å². The van der Waals surface area contributed by atoms with Gasteiger partial charge in [0.15, 0.2) is 0 Å². The van der Waals surface area contributed by atoms with Crippen molar-refractivity contribution in [1.82, 2.24) is 9.88 Å². The molecule has 2 atom stereocenters. The topological polar surface area (TPSA) is 51.7 Å². The fourth-order valence-corrected chi connectivity index (χ4v) is 2.20. The average Bonchev–Trinajstić information content (AvgIpc) is 2.66. The third kappa shape index (κ3) is 2.79. The number of amides is 1. The number of carbonyl (C=O) groups excluding carboxylic acids is 1. The van der Waals surface area contributed by atoms with Crippen molar-refractivity contribution in [3.05, 3.63) is 24.5 Å². The molecule has 5 nitrogen and oxygen atoms in total. The summed E-state index contributed by atoms with van der Waals surface area (Å²) >= 11 is 0. The lowest BCUT2D eigenvalue weighted by atomic mass is 10.1. The molecule has 1 fully saturated rings. The molecule has 1 aromatic rings. The van der Waals surface area contributed by atoms with Crippen molar-refractivity contribution in [2.45, 2.75) is 12.5 Å². The minimum atomic E-state index is -0.0394. The average molecular weight is 250 g/mol. The zero-order valence-corrected chi connectivity index (χ0v) is 10.7. The molecule has 0 saturated carbocycles. The van der Waals surface area contributed by atoms with E-state index in [2.05, 4.69) is 4.98 Å². The molecule has 1 amide bonds. The number of carbonyl (C=O) groups is 1. The van der Waals surface area contributed by atoms with Gasteiger partial charge in [-0.05, 0) is 18.6 Å². The molecule has 0 spiro atoms. The molecule has 0 aliphatic carbocycles. The van der Waals surface area contributed by atoms with E-state index in [1.54, 1.807) is 24.4 Å². The van der Waals surface area contributed by atoms with Crippen LogP contribution >= 0.6 is 0 Å². The van der Waals surface area contributed by atoms with E-state index >= 15 is 0 Å². The van der Waals surface area contributed by atoms with Crippen LogP contribution in [0.1, 0.15) is 6.42 Å². The molecule has 2 unspecified atom stereocenters. The Morgan fingerprint density at radius 3 is 3.00 bits per heavy atom. The van der Waals surface area contributed by atoms with Gasteiger partial charge in [0.2, 0.25) is 5.91 Å². The minimum Gasteiger partial charge on any atom is -0.490 e. The quantitative estimate of drug-likeness (QED) is 0.781. The Hall–Kier alpha value is -1.62. The van der Waals surface area contributed by atoms with Crippen molar-refractivity contribution in [3.8, 4) is 5.75 Å². The number of hydrogen-bond donors (Lipinski definition) is 0. The number of pyridine rings is 1. The molecule has 18 heavy (non-hydrogen) atoms. The molecule has 0 aromatic carbocycles. The van der Waals surface area contributed by atoms with E-state index in [1.807, 2.05) is 19.2 Å². The van der Waals surface area contributed by atoms with E-state index < -0.39 is 0 Å². The Morgan fingerprint density at radius 1 is 1.50 bits per heavy atom. The summed E-state index contributed by atoms with van der Waals surface area (Å²) in [5.41, 5.74) is 0. The van der Waals surface area contributed by atoms with Crippen molar-refractivity contribution < 1.29 is 14.3 Å². The van der Waals surface area contributed by atoms with Gasteiger partial charge in [0.1, 0.15) is 12.4 Å². The number of likely N-dealkylation sites (tertiary alicyclic amines) is 1. The van der Waals surface area contributed by atoms with Crippen LogP contribution in [0.4, 0.5) is 0 Å². The van der Waals surface area contributed by atoms with Gasteiger partial charge in [0, 0.05) is 20.4 Å². The largest absolute Gasteiger partial charge is 0.490 e. The fourth-order valence-electron chi connectivity index (χ4n) is 2.20. The Bertz CT molecular complexity index is 396. The number of nitrogens with zero attached hydrogens (tertiary/aromatic N) is 2. The van der Waals surface area contributed by atoms with Crippen molar-refractivity contribution >= 4 is 5.91 Å². The Balaban J connectivity index is 1.89. The van der Waals surface area contributed by atoms with E-state index in [-0.39, 0.29) is 17.9 Å². The van der Waals surface area contributed by atoms with E-state index in [4.69, 9.17) is 9.47 Å². The van der Waals surface area contributed by atoms with Crippen LogP contribution < -0.4 is 4.74 Å². The first-order chi connectivity index (χ1) is 8.72. The highest BCUT2D eigenvalue weighted by atomic mass is 16.5. The Labute approximate surface area is 107 Å². The van der Waals surface area contributed by atoms with Crippen LogP contribution in [-0.4, -0.2) is 49.2 Å². The summed E-state index contributed by atoms with van der Waals surface area (Å²) in [6, 6.07) is 3.79. The summed E-state index contributed by atoms with van der Waals surface area (Å²) in [6.07, 6.45) is 4.15. The second-order valence-electron chi connectivity index (χ2n) is 4.49. The molecular weight excluding hydrogens is 232 g/mol. The molecule has 1 aliphatic rings. The third-order valence-electron chi connectivity index (χ3n) is 3.25. The van der Waals surface area contributed by atoms with Gasteiger partial charge in [-0.15, -0.1) is 0 Å². The molecule has 2 rings (SSSR count). The van der Waals surface area contributed by atoms with Crippen LogP contribution in [-0.2, 0) is 9.53 Å². The molecule has 0 radical (unpaired) electrons. The molecule has 5 heteroatoms. The predicted molar refractivity (Wildman–Crippen MR) is 66.3 cm³/mol. The van der Waals surface area contributed by atoms with Gasteiger partial charge in [0.05, 0.1) is 24.8 Å². The smallest absolute Gasteiger partial charge is 0.228 e. The Morgan fingerprint density at radius 2 is 2.33 bits per heavy atom. The van der Waals surface area contributed by atoms with Crippen molar-refractivity contribution in [2.75, 3.05) is 27.4 Å². The monoisotopic (exact) mass is 250 g/mol. The maximum atomic E-state index is 11.9. The molecule has 0 N–H and O–H groups in total. The van der Waals surface area contributed by atoms with Gasteiger partial charge in [-0.2, -0.15) is 0 Å². The highest BCUT2D eigenvalue weighted by Crippen LogP contribution is 2.24. The standard InChI is InChI=1S/C13H18N2O3/c1-15-11(6-10(8-17-2)13(15)16)9-18-12-4-3-5-14-7-12/h3-5,7,10-11H,6,8-9H2,1-2H3. The summed E-state index contributed by atoms with van der Waals surface area (Å²) in [7, 11) is 3.43. The maximum Gasteiger partial charge on any atom is 0.228 e. The fraction of sp³-hybridized carbons (Fsp3) is 0.538. The molecule has 1 saturated heterocycles. The van der Waals surface area contributed by atoms with E-state index in [0.717, 1.165) is 12.2 Å². The first-order valence-electron chi connectivity index (χ1n) is 6.00. The van der Waals surface area contributed by atoms with Crippen molar-refractivity contribution in [2.24, 2.45) is 5.92 Å². The number of methoxy groups -OCH3 is 1. The molecular formula is C13H18N2O3. The van der Waals surface area contributed by atoms with Gasteiger partial charge >= 0.3 is 0 Å². The number of rotatable bonds is 5. The zero-order chi connectivity index (χ0) is 13.0. The minimum absolute atomic E-state index is 0.0394. The van der Waals surface area contributed by atoms with Crippen molar-refractivity contribution in [3.63, 3.8) is 0 Å². The van der Waals surface area contributed by atoms with Crippen molar-refractivity contribution in [1.29, 1.82) is 0 Å². The summed E-state index contributed by atoms with van der Waals surface area (Å²) in [5, 5.41) is 0. The second-order valence-corrected chi connectivity index (χ2v) is 4.49. The lowest BCUT2D eigenvalue weighted by Crippen LogP contribution is -2.34. The van der Waals surface area contributed by atoms with E-state index in [0.29, 0.717) is 13.2 Å². The lowest BCUT2D eigenvalue weighted by Gasteiger charge is -2.19. The summed E-state index contributed by atoms with van der Waals surface area (Å²) in [5.74, 6) is 0.827. The lowest BCUT2D eigenvalue weighted by molar-refractivity contribution is -0.132. The first-order valence-corrected chi connectivity index (χ1v) is 6.00. The molecule has 1 aliphatic heterocycles. The SMILES string of the molecule is COCC1CC(COc2cccnc2)N(C)C1=O. The van der Waals surface area contributed by atoms with Gasteiger partial charge < -0.3 is 14.4 Å². The number of ether oxygens (including phenoxy) is 2. The molecule has 1 aromatic heterocycles. The van der Waals surface area contributed by atoms with Crippen LogP contribution in [0, 0.1) is 5.92 Å². The number of hydrogen-bond acceptors (Lipinski definition) is 4. The van der Waals surface area contributed by atoms with Crippen LogP contribution in [0.2, 0.25) is 0 Å². The maximum absolute atomic E-state index is 11.9. The van der Waals surface area contributed by atoms with Gasteiger partial charge in [-0.1, -0.05) is 0 Å².